The van der Waals surface area contributed by atoms with E-state index in [1.54, 1.807) is 12.5 Å². The lowest BCUT2D eigenvalue weighted by Gasteiger charge is -1.99. The number of aromatic nitrogens is 2. The molecule has 0 bridgehead atoms. The summed E-state index contributed by atoms with van der Waals surface area (Å²) in [4.78, 5) is 15.0. The molecular weight excluding hydrogens is 180 g/mol. The second-order valence-corrected chi connectivity index (χ2v) is 3.20. The van der Waals surface area contributed by atoms with E-state index in [0.717, 1.165) is 13.0 Å². The van der Waals surface area contributed by atoms with E-state index in [2.05, 4.69) is 16.6 Å². The number of methoxy groups -OCH3 is 1. The normalized spacial score (nSPS) is 10.1. The minimum atomic E-state index is -0.376. The van der Waals surface area contributed by atoms with Gasteiger partial charge in [0.1, 0.15) is 0 Å². The van der Waals surface area contributed by atoms with Crippen molar-refractivity contribution in [2.45, 2.75) is 32.7 Å². The summed E-state index contributed by atoms with van der Waals surface area (Å²) in [6.45, 7) is 3.08. The Labute approximate surface area is 83.9 Å². The largest absolute Gasteiger partial charge is 0.464 e. The van der Waals surface area contributed by atoms with Crippen molar-refractivity contribution in [3.8, 4) is 0 Å². The number of ether oxygens (including phenoxy) is 1. The minimum absolute atomic E-state index is 0.376. The van der Waals surface area contributed by atoms with Gasteiger partial charge >= 0.3 is 5.97 Å². The fourth-order valence-electron chi connectivity index (χ4n) is 1.24. The van der Waals surface area contributed by atoms with Crippen LogP contribution in [0.5, 0.6) is 0 Å². The molecule has 0 spiro atoms. The monoisotopic (exact) mass is 196 g/mol. The Morgan fingerprint density at radius 2 is 2.36 bits per heavy atom. The Morgan fingerprint density at radius 3 is 3.00 bits per heavy atom. The lowest BCUT2D eigenvalue weighted by atomic mass is 10.2. The van der Waals surface area contributed by atoms with Gasteiger partial charge in [-0.05, 0) is 6.42 Å². The van der Waals surface area contributed by atoms with Crippen molar-refractivity contribution in [1.29, 1.82) is 0 Å². The molecule has 1 rings (SSSR count). The molecule has 0 aromatic carbocycles. The van der Waals surface area contributed by atoms with Crippen LogP contribution in [-0.2, 0) is 11.3 Å². The molecule has 0 aliphatic carbocycles. The molecule has 0 N–H and O–H groups in total. The summed E-state index contributed by atoms with van der Waals surface area (Å²) in [5.74, 6) is -0.376. The van der Waals surface area contributed by atoms with Gasteiger partial charge < -0.3 is 9.30 Å². The SMILES string of the molecule is CCCCCn1cnc(C(=O)OC)c1. The summed E-state index contributed by atoms with van der Waals surface area (Å²) < 4.78 is 6.48. The van der Waals surface area contributed by atoms with E-state index in [9.17, 15) is 4.79 Å². The van der Waals surface area contributed by atoms with Crippen LogP contribution in [0.3, 0.4) is 0 Å². The molecule has 0 radical (unpaired) electrons. The molecule has 0 atom stereocenters. The van der Waals surface area contributed by atoms with E-state index in [-0.39, 0.29) is 5.97 Å². The van der Waals surface area contributed by atoms with Gasteiger partial charge in [0.05, 0.1) is 13.4 Å². The highest BCUT2D eigenvalue weighted by Crippen LogP contribution is 2.02. The number of rotatable bonds is 5. The molecule has 0 unspecified atom stereocenters. The first-order valence-electron chi connectivity index (χ1n) is 4.88. The lowest BCUT2D eigenvalue weighted by molar-refractivity contribution is 0.0594. The first kappa shape index (κ1) is 10.8. The summed E-state index contributed by atoms with van der Waals surface area (Å²) in [6, 6.07) is 0. The maximum absolute atomic E-state index is 11.1. The molecule has 0 saturated heterocycles. The van der Waals surface area contributed by atoms with E-state index in [1.165, 1.54) is 20.0 Å². The quantitative estimate of drug-likeness (QED) is 0.533. The molecule has 4 nitrogen and oxygen atoms in total. The van der Waals surface area contributed by atoms with Gasteiger partial charge in [-0.25, -0.2) is 9.78 Å². The Morgan fingerprint density at radius 1 is 1.57 bits per heavy atom. The van der Waals surface area contributed by atoms with Crippen molar-refractivity contribution in [3.63, 3.8) is 0 Å². The van der Waals surface area contributed by atoms with Crippen molar-refractivity contribution >= 4 is 5.97 Å². The van der Waals surface area contributed by atoms with Crippen LogP contribution in [0.2, 0.25) is 0 Å². The summed E-state index contributed by atoms with van der Waals surface area (Å²) in [6.07, 6.45) is 6.90. The van der Waals surface area contributed by atoms with Crippen molar-refractivity contribution < 1.29 is 9.53 Å². The number of unbranched alkanes of at least 4 members (excludes halogenated alkanes) is 2. The fraction of sp³-hybridized carbons (Fsp3) is 0.600. The predicted octanol–water partition coefficient (Wildman–Crippen LogP) is 1.86. The molecule has 0 aliphatic heterocycles. The zero-order chi connectivity index (χ0) is 10.4. The second kappa shape index (κ2) is 5.42. The number of carbonyl (C=O) groups excluding carboxylic acids is 1. The Kier molecular flexibility index (Phi) is 4.16. The summed E-state index contributed by atoms with van der Waals surface area (Å²) in [5, 5.41) is 0. The van der Waals surface area contributed by atoms with Crippen LogP contribution in [0, 0.1) is 0 Å². The van der Waals surface area contributed by atoms with Gasteiger partial charge in [0.25, 0.3) is 0 Å². The molecule has 0 amide bonds. The number of hydrogen-bond acceptors (Lipinski definition) is 3. The molecule has 1 aromatic heterocycles. The zero-order valence-electron chi connectivity index (χ0n) is 8.69. The number of nitrogens with zero attached hydrogens (tertiary/aromatic N) is 2. The van der Waals surface area contributed by atoms with Crippen LogP contribution in [-0.4, -0.2) is 22.6 Å². The number of aryl methyl sites for hydroxylation is 1. The number of imidazole rings is 1. The molecule has 0 aliphatic rings. The Hall–Kier alpha value is -1.32. The van der Waals surface area contributed by atoms with E-state index in [0.29, 0.717) is 5.69 Å². The summed E-state index contributed by atoms with van der Waals surface area (Å²) in [5.41, 5.74) is 0.379. The van der Waals surface area contributed by atoms with Gasteiger partial charge in [0.2, 0.25) is 0 Å². The molecule has 14 heavy (non-hydrogen) atoms. The van der Waals surface area contributed by atoms with Crippen LogP contribution in [0.25, 0.3) is 0 Å². The highest BCUT2D eigenvalue weighted by atomic mass is 16.5. The highest BCUT2D eigenvalue weighted by molar-refractivity contribution is 5.86. The average molecular weight is 196 g/mol. The van der Waals surface area contributed by atoms with Crippen LogP contribution in [0.1, 0.15) is 36.7 Å². The first-order valence-corrected chi connectivity index (χ1v) is 4.88. The summed E-state index contributed by atoms with van der Waals surface area (Å²) >= 11 is 0. The Balaban J connectivity index is 2.46. The topological polar surface area (TPSA) is 44.1 Å². The molecule has 78 valence electrons. The summed E-state index contributed by atoms with van der Waals surface area (Å²) in [7, 11) is 1.36. The smallest absolute Gasteiger partial charge is 0.358 e. The van der Waals surface area contributed by atoms with Crippen molar-refractivity contribution in [2.75, 3.05) is 7.11 Å². The van der Waals surface area contributed by atoms with Crippen molar-refractivity contribution in [2.24, 2.45) is 0 Å². The molecular formula is C10H16N2O2. The van der Waals surface area contributed by atoms with Crippen LogP contribution in [0.15, 0.2) is 12.5 Å². The van der Waals surface area contributed by atoms with Gasteiger partial charge in [0, 0.05) is 12.7 Å². The Bertz CT molecular complexity index is 294. The molecule has 1 aromatic rings. The van der Waals surface area contributed by atoms with E-state index in [4.69, 9.17) is 0 Å². The van der Waals surface area contributed by atoms with Crippen LogP contribution in [0.4, 0.5) is 0 Å². The molecule has 0 saturated carbocycles. The minimum Gasteiger partial charge on any atom is -0.464 e. The second-order valence-electron chi connectivity index (χ2n) is 3.20. The van der Waals surface area contributed by atoms with Crippen molar-refractivity contribution in [1.82, 2.24) is 9.55 Å². The highest BCUT2D eigenvalue weighted by Gasteiger charge is 2.07. The third kappa shape index (κ3) is 2.87. The number of esters is 1. The van der Waals surface area contributed by atoms with Gasteiger partial charge in [-0.15, -0.1) is 0 Å². The van der Waals surface area contributed by atoms with E-state index >= 15 is 0 Å². The van der Waals surface area contributed by atoms with E-state index < -0.39 is 0 Å². The molecule has 1 heterocycles. The van der Waals surface area contributed by atoms with Gasteiger partial charge in [-0.2, -0.15) is 0 Å². The molecule has 4 heteroatoms. The van der Waals surface area contributed by atoms with Gasteiger partial charge in [0.15, 0.2) is 5.69 Å². The van der Waals surface area contributed by atoms with E-state index in [1.807, 2.05) is 4.57 Å². The van der Waals surface area contributed by atoms with Crippen LogP contribution < -0.4 is 0 Å². The molecule has 0 fully saturated rings. The third-order valence-electron chi connectivity index (χ3n) is 2.05. The number of hydrogen-bond donors (Lipinski definition) is 0. The fourth-order valence-corrected chi connectivity index (χ4v) is 1.24. The van der Waals surface area contributed by atoms with Gasteiger partial charge in [-0.3, -0.25) is 0 Å². The lowest BCUT2D eigenvalue weighted by Crippen LogP contribution is -2.01. The standard InChI is InChI=1S/C10H16N2O2/c1-3-4-5-6-12-7-9(11-8-12)10(13)14-2/h7-8H,3-6H2,1-2H3. The third-order valence-corrected chi connectivity index (χ3v) is 2.05. The van der Waals surface area contributed by atoms with Gasteiger partial charge in [-0.1, -0.05) is 19.8 Å². The van der Waals surface area contributed by atoms with Crippen LogP contribution >= 0.6 is 0 Å². The van der Waals surface area contributed by atoms with Crippen molar-refractivity contribution in [3.05, 3.63) is 18.2 Å². The maximum atomic E-state index is 11.1. The number of carbonyl (C=O) groups is 1. The predicted molar refractivity (Wildman–Crippen MR) is 53.1 cm³/mol. The zero-order valence-corrected chi connectivity index (χ0v) is 8.69. The average Bonchev–Trinajstić information content (AvgIpc) is 2.66. The first-order chi connectivity index (χ1) is 6.77. The maximum Gasteiger partial charge on any atom is 0.358 e.